The molecule has 0 bridgehead atoms. The van der Waals surface area contributed by atoms with Crippen molar-refractivity contribution >= 4 is 38.6 Å². The van der Waals surface area contributed by atoms with Crippen molar-refractivity contribution in [1.29, 1.82) is 0 Å². The molecular formula is C24H26N6O3S. The normalized spacial score (nSPS) is 14.4. The summed E-state index contributed by atoms with van der Waals surface area (Å²) >= 11 is 0. The fraction of sp³-hybridized carbons (Fsp3) is 0.250. The largest absolute Gasteiger partial charge is 0.378 e. The summed E-state index contributed by atoms with van der Waals surface area (Å²) in [6.45, 7) is 3.27. The van der Waals surface area contributed by atoms with Crippen molar-refractivity contribution in [2.75, 3.05) is 54.1 Å². The summed E-state index contributed by atoms with van der Waals surface area (Å²) < 4.78 is 33.5. The van der Waals surface area contributed by atoms with E-state index in [1.54, 1.807) is 22.8 Å². The van der Waals surface area contributed by atoms with E-state index in [1.165, 1.54) is 5.69 Å². The van der Waals surface area contributed by atoms with Crippen LogP contribution in [0.2, 0.25) is 0 Å². The Morgan fingerprint density at radius 1 is 1.00 bits per heavy atom. The Hall–Kier alpha value is -3.63. The molecule has 0 radical (unpaired) electrons. The first-order valence-corrected chi connectivity index (χ1v) is 12.9. The molecule has 34 heavy (non-hydrogen) atoms. The number of morpholine rings is 1. The molecule has 1 saturated heterocycles. The highest BCUT2D eigenvalue weighted by Crippen LogP contribution is 2.31. The predicted molar refractivity (Wildman–Crippen MR) is 134 cm³/mol. The van der Waals surface area contributed by atoms with E-state index in [4.69, 9.17) is 9.84 Å². The van der Waals surface area contributed by atoms with Gasteiger partial charge in [-0.3, -0.25) is 4.72 Å². The van der Waals surface area contributed by atoms with Gasteiger partial charge in [0.05, 0.1) is 42.6 Å². The molecule has 10 heteroatoms. The monoisotopic (exact) mass is 478 g/mol. The standard InChI is InChI=1S/C24H26N6O3S/c1-28(18-7-9-19(10-8-18)29-13-15-33-16-14-29)24-25-17-20-11-12-23(30(20)26-24)21-5-3-4-6-22(21)27-34(2,31)32/h3-12,17,27H,13-16H2,1-2H3. The average molecular weight is 479 g/mol. The van der Waals surface area contributed by atoms with Gasteiger partial charge in [0.1, 0.15) is 0 Å². The number of nitrogens with one attached hydrogen (secondary N) is 1. The van der Waals surface area contributed by atoms with Gasteiger partial charge in [-0.1, -0.05) is 18.2 Å². The second kappa shape index (κ2) is 8.96. The van der Waals surface area contributed by atoms with Gasteiger partial charge >= 0.3 is 0 Å². The van der Waals surface area contributed by atoms with Crippen LogP contribution in [0, 0.1) is 0 Å². The third kappa shape index (κ3) is 4.55. The highest BCUT2D eigenvalue weighted by atomic mass is 32.2. The van der Waals surface area contributed by atoms with Gasteiger partial charge in [-0.2, -0.15) is 0 Å². The number of benzene rings is 2. The van der Waals surface area contributed by atoms with Crippen molar-refractivity contribution in [3.8, 4) is 11.3 Å². The molecule has 1 fully saturated rings. The molecule has 0 spiro atoms. The smallest absolute Gasteiger partial charge is 0.247 e. The molecule has 5 rings (SSSR count). The van der Waals surface area contributed by atoms with E-state index in [1.807, 2.05) is 36.2 Å². The highest BCUT2D eigenvalue weighted by Gasteiger charge is 2.16. The van der Waals surface area contributed by atoms with Crippen LogP contribution in [-0.4, -0.2) is 62.6 Å². The summed E-state index contributed by atoms with van der Waals surface area (Å²) in [5.41, 5.74) is 4.93. The quantitative estimate of drug-likeness (QED) is 0.454. The first kappa shape index (κ1) is 22.2. The molecule has 0 atom stereocenters. The fourth-order valence-electron chi connectivity index (χ4n) is 4.07. The molecule has 1 N–H and O–H groups in total. The number of sulfonamides is 1. The first-order valence-electron chi connectivity index (χ1n) is 11.0. The van der Waals surface area contributed by atoms with Crippen LogP contribution in [-0.2, 0) is 14.8 Å². The molecule has 9 nitrogen and oxygen atoms in total. The van der Waals surface area contributed by atoms with Crippen LogP contribution in [0.4, 0.5) is 23.0 Å². The lowest BCUT2D eigenvalue weighted by molar-refractivity contribution is 0.122. The molecular weight excluding hydrogens is 452 g/mol. The van der Waals surface area contributed by atoms with Crippen molar-refractivity contribution < 1.29 is 13.2 Å². The zero-order valence-corrected chi connectivity index (χ0v) is 19.9. The lowest BCUT2D eigenvalue weighted by Crippen LogP contribution is -2.36. The van der Waals surface area contributed by atoms with Gasteiger partial charge in [-0.25, -0.2) is 17.9 Å². The Morgan fingerprint density at radius 3 is 2.47 bits per heavy atom. The minimum absolute atomic E-state index is 0.497. The molecule has 1 aliphatic rings. The van der Waals surface area contributed by atoms with Gasteiger partial charge in [0.2, 0.25) is 16.0 Å². The Morgan fingerprint density at radius 2 is 1.74 bits per heavy atom. The van der Waals surface area contributed by atoms with E-state index < -0.39 is 10.0 Å². The van der Waals surface area contributed by atoms with Crippen LogP contribution in [0.15, 0.2) is 66.9 Å². The summed E-state index contributed by atoms with van der Waals surface area (Å²) in [4.78, 5) is 8.77. The number of rotatable bonds is 6. The topological polar surface area (TPSA) is 92.1 Å². The number of fused-ring (bicyclic) bond motifs is 1. The van der Waals surface area contributed by atoms with E-state index in [0.717, 1.165) is 55.0 Å². The van der Waals surface area contributed by atoms with E-state index in [2.05, 4.69) is 38.9 Å². The SMILES string of the molecule is CN(c1ccc(N2CCOCC2)cc1)c1ncc2ccc(-c3ccccc3NS(C)(=O)=O)n2n1. The number of hydrogen-bond donors (Lipinski definition) is 1. The first-order chi connectivity index (χ1) is 16.4. The lowest BCUT2D eigenvalue weighted by atomic mass is 10.1. The van der Waals surface area contributed by atoms with Gasteiger partial charge in [0.25, 0.3) is 0 Å². The number of aromatic nitrogens is 3. The fourth-order valence-corrected chi connectivity index (χ4v) is 4.65. The lowest BCUT2D eigenvalue weighted by Gasteiger charge is -2.29. The number of anilines is 4. The molecule has 4 aromatic rings. The van der Waals surface area contributed by atoms with Crippen LogP contribution >= 0.6 is 0 Å². The predicted octanol–water partition coefficient (Wildman–Crippen LogP) is 3.37. The van der Waals surface area contributed by atoms with Crippen LogP contribution in [0.5, 0.6) is 0 Å². The summed E-state index contributed by atoms with van der Waals surface area (Å²) in [6, 6.07) is 19.4. The number of para-hydroxylation sites is 1. The summed E-state index contributed by atoms with van der Waals surface area (Å²) in [6.07, 6.45) is 2.90. The molecule has 0 aliphatic carbocycles. The van der Waals surface area contributed by atoms with E-state index >= 15 is 0 Å². The number of ether oxygens (including phenoxy) is 1. The number of nitrogens with zero attached hydrogens (tertiary/aromatic N) is 5. The van der Waals surface area contributed by atoms with Gasteiger partial charge in [0.15, 0.2) is 0 Å². The minimum atomic E-state index is -3.42. The summed E-state index contributed by atoms with van der Waals surface area (Å²) in [5, 5.41) is 4.77. The molecule has 2 aromatic heterocycles. The maximum absolute atomic E-state index is 11.9. The molecule has 0 unspecified atom stereocenters. The molecule has 1 aliphatic heterocycles. The van der Waals surface area contributed by atoms with Gasteiger partial charge < -0.3 is 14.5 Å². The van der Waals surface area contributed by atoms with Crippen LogP contribution in [0.1, 0.15) is 0 Å². The van der Waals surface area contributed by atoms with Gasteiger partial charge in [-0.05, 0) is 42.5 Å². The number of hydrogen-bond acceptors (Lipinski definition) is 7. The Labute approximate surface area is 198 Å². The highest BCUT2D eigenvalue weighted by molar-refractivity contribution is 7.92. The average Bonchev–Trinajstić information content (AvgIpc) is 3.27. The van der Waals surface area contributed by atoms with Gasteiger partial charge in [0, 0.05) is 37.1 Å². The van der Waals surface area contributed by atoms with Crippen LogP contribution < -0.4 is 14.5 Å². The summed E-state index contributed by atoms with van der Waals surface area (Å²) in [5.74, 6) is 0.526. The van der Waals surface area contributed by atoms with Crippen molar-refractivity contribution in [3.63, 3.8) is 0 Å². The maximum Gasteiger partial charge on any atom is 0.247 e. The molecule has 176 valence electrons. The van der Waals surface area contributed by atoms with Crippen LogP contribution in [0.25, 0.3) is 16.8 Å². The second-order valence-corrected chi connectivity index (χ2v) is 9.96. The third-order valence-electron chi connectivity index (χ3n) is 5.80. The Kier molecular flexibility index (Phi) is 5.84. The zero-order valence-electron chi connectivity index (χ0n) is 19.0. The second-order valence-electron chi connectivity index (χ2n) is 8.21. The maximum atomic E-state index is 11.9. The van der Waals surface area contributed by atoms with E-state index in [-0.39, 0.29) is 0 Å². The zero-order chi connectivity index (χ0) is 23.7. The van der Waals surface area contributed by atoms with Crippen molar-refractivity contribution in [1.82, 2.24) is 14.6 Å². The van der Waals surface area contributed by atoms with E-state index in [0.29, 0.717) is 11.6 Å². The Balaban J connectivity index is 1.47. The molecule has 0 saturated carbocycles. The third-order valence-corrected chi connectivity index (χ3v) is 6.39. The van der Waals surface area contributed by atoms with Crippen molar-refractivity contribution in [3.05, 3.63) is 66.9 Å². The molecule has 0 amide bonds. The van der Waals surface area contributed by atoms with Crippen molar-refractivity contribution in [2.24, 2.45) is 0 Å². The Bertz CT molecular complexity index is 1410. The van der Waals surface area contributed by atoms with Gasteiger partial charge in [-0.15, -0.1) is 5.10 Å². The molecule has 2 aromatic carbocycles. The minimum Gasteiger partial charge on any atom is -0.378 e. The molecule has 3 heterocycles. The van der Waals surface area contributed by atoms with Crippen molar-refractivity contribution in [2.45, 2.75) is 0 Å². The van der Waals surface area contributed by atoms with Crippen LogP contribution in [0.3, 0.4) is 0 Å². The summed E-state index contributed by atoms with van der Waals surface area (Å²) in [7, 11) is -1.50. The van der Waals surface area contributed by atoms with E-state index in [9.17, 15) is 8.42 Å².